The van der Waals surface area contributed by atoms with Gasteiger partial charge in [-0.15, -0.1) is 0 Å². The monoisotopic (exact) mass is 299 g/mol. The van der Waals surface area contributed by atoms with Crippen LogP contribution < -0.4 is 0 Å². The zero-order chi connectivity index (χ0) is 15.1. The molecule has 2 fully saturated rings. The molecule has 1 heterocycles. The molecule has 1 saturated heterocycles. The van der Waals surface area contributed by atoms with Crippen LogP contribution in [0, 0.1) is 5.92 Å². The number of rotatable bonds is 7. The third-order valence-corrected chi connectivity index (χ3v) is 4.50. The number of nitrogens with zero attached hydrogens (tertiary/aromatic N) is 1. The molecule has 1 saturated carbocycles. The van der Waals surface area contributed by atoms with Crippen molar-refractivity contribution in [2.45, 2.75) is 57.7 Å². The molecule has 0 radical (unpaired) electrons. The number of esters is 1. The van der Waals surface area contributed by atoms with Gasteiger partial charge < -0.3 is 19.5 Å². The Morgan fingerprint density at radius 1 is 1.24 bits per heavy atom. The lowest BCUT2D eigenvalue weighted by atomic mass is 9.97. The Morgan fingerprint density at radius 2 is 1.90 bits per heavy atom. The number of aliphatic hydroxyl groups is 1. The fourth-order valence-electron chi connectivity index (χ4n) is 3.26. The molecule has 1 N–H and O–H groups in total. The van der Waals surface area contributed by atoms with Gasteiger partial charge in [-0.25, -0.2) is 0 Å². The van der Waals surface area contributed by atoms with Crippen molar-refractivity contribution in [2.75, 3.05) is 32.8 Å². The molecule has 1 aliphatic heterocycles. The molecule has 1 aliphatic carbocycles. The summed E-state index contributed by atoms with van der Waals surface area (Å²) in [6.45, 7) is 5.07. The van der Waals surface area contributed by atoms with E-state index in [-0.39, 0.29) is 11.9 Å². The Balaban J connectivity index is 1.60. The molecular weight excluding hydrogens is 270 g/mol. The summed E-state index contributed by atoms with van der Waals surface area (Å²) in [7, 11) is 0. The number of hydrogen-bond acceptors (Lipinski definition) is 5. The van der Waals surface area contributed by atoms with E-state index in [0.29, 0.717) is 25.9 Å². The maximum atomic E-state index is 11.7. The molecule has 122 valence electrons. The highest BCUT2D eigenvalue weighted by molar-refractivity contribution is 5.72. The van der Waals surface area contributed by atoms with Crippen molar-refractivity contribution in [1.29, 1.82) is 0 Å². The predicted molar refractivity (Wildman–Crippen MR) is 80.0 cm³/mol. The average molecular weight is 299 g/mol. The van der Waals surface area contributed by atoms with Gasteiger partial charge >= 0.3 is 5.97 Å². The van der Waals surface area contributed by atoms with Crippen LogP contribution in [0.1, 0.15) is 45.4 Å². The van der Waals surface area contributed by atoms with E-state index < -0.39 is 6.10 Å². The quantitative estimate of drug-likeness (QED) is 0.723. The van der Waals surface area contributed by atoms with Crippen LogP contribution in [0.25, 0.3) is 0 Å². The van der Waals surface area contributed by atoms with Gasteiger partial charge in [-0.3, -0.25) is 4.79 Å². The fourth-order valence-corrected chi connectivity index (χ4v) is 3.26. The van der Waals surface area contributed by atoms with Gasteiger partial charge in [0, 0.05) is 6.54 Å². The molecule has 0 aromatic heterocycles. The Hall–Kier alpha value is -0.650. The second-order valence-corrected chi connectivity index (χ2v) is 6.22. The number of piperidine rings is 1. The standard InChI is InChI=1S/C16H29NO4/c1-2-20-16(19)13-7-9-17(10-8-13)11-14(18)12-21-15-5-3-4-6-15/h13-15,18H,2-12H2,1H3. The van der Waals surface area contributed by atoms with Gasteiger partial charge in [0.05, 0.1) is 31.3 Å². The first kappa shape index (κ1) is 16.7. The van der Waals surface area contributed by atoms with Crippen LogP contribution in [0.5, 0.6) is 0 Å². The van der Waals surface area contributed by atoms with E-state index in [4.69, 9.17) is 9.47 Å². The number of hydrogen-bond donors (Lipinski definition) is 1. The minimum atomic E-state index is -0.426. The first-order valence-corrected chi connectivity index (χ1v) is 8.37. The van der Waals surface area contributed by atoms with E-state index in [1.165, 1.54) is 12.8 Å². The summed E-state index contributed by atoms with van der Waals surface area (Å²) >= 11 is 0. The summed E-state index contributed by atoms with van der Waals surface area (Å²) < 4.78 is 10.8. The summed E-state index contributed by atoms with van der Waals surface area (Å²) in [6.07, 6.45) is 6.36. The molecule has 1 atom stereocenters. The molecule has 1 unspecified atom stereocenters. The van der Waals surface area contributed by atoms with Crippen molar-refractivity contribution in [2.24, 2.45) is 5.92 Å². The first-order valence-electron chi connectivity index (χ1n) is 8.37. The minimum absolute atomic E-state index is 0.0353. The molecule has 0 aromatic carbocycles. The Morgan fingerprint density at radius 3 is 2.52 bits per heavy atom. The molecule has 0 bridgehead atoms. The number of ether oxygens (including phenoxy) is 2. The fraction of sp³-hybridized carbons (Fsp3) is 0.938. The summed E-state index contributed by atoms with van der Waals surface area (Å²) in [5, 5.41) is 10.1. The molecule has 2 rings (SSSR count). The van der Waals surface area contributed by atoms with E-state index in [0.717, 1.165) is 38.8 Å². The number of aliphatic hydroxyl groups excluding tert-OH is 1. The highest BCUT2D eigenvalue weighted by Gasteiger charge is 2.27. The van der Waals surface area contributed by atoms with E-state index in [9.17, 15) is 9.90 Å². The summed E-state index contributed by atoms with van der Waals surface area (Å²) in [6, 6.07) is 0. The van der Waals surface area contributed by atoms with Crippen molar-refractivity contribution in [3.63, 3.8) is 0 Å². The topological polar surface area (TPSA) is 59.0 Å². The van der Waals surface area contributed by atoms with Gasteiger partial charge in [-0.2, -0.15) is 0 Å². The molecular formula is C16H29NO4. The number of carbonyl (C=O) groups excluding carboxylic acids is 1. The lowest BCUT2D eigenvalue weighted by molar-refractivity contribution is -0.149. The number of likely N-dealkylation sites (tertiary alicyclic amines) is 1. The first-order chi connectivity index (χ1) is 10.2. The van der Waals surface area contributed by atoms with E-state index >= 15 is 0 Å². The van der Waals surface area contributed by atoms with Gasteiger partial charge in [0.25, 0.3) is 0 Å². The van der Waals surface area contributed by atoms with Crippen LogP contribution in [0.3, 0.4) is 0 Å². The summed E-state index contributed by atoms with van der Waals surface area (Å²) in [5.74, 6) is -0.0321. The van der Waals surface area contributed by atoms with Crippen molar-refractivity contribution < 1.29 is 19.4 Å². The normalized spacial score (nSPS) is 23.3. The molecule has 5 heteroatoms. The molecule has 0 aromatic rings. The molecule has 21 heavy (non-hydrogen) atoms. The smallest absolute Gasteiger partial charge is 0.309 e. The van der Waals surface area contributed by atoms with Crippen LogP contribution in [0.4, 0.5) is 0 Å². The molecule has 0 amide bonds. The Kier molecular flexibility index (Phi) is 6.93. The van der Waals surface area contributed by atoms with Crippen LogP contribution in [-0.2, 0) is 14.3 Å². The van der Waals surface area contributed by atoms with Gasteiger partial charge in [0.15, 0.2) is 0 Å². The number of carbonyl (C=O) groups is 1. The largest absolute Gasteiger partial charge is 0.466 e. The lowest BCUT2D eigenvalue weighted by Gasteiger charge is -2.32. The van der Waals surface area contributed by atoms with Crippen molar-refractivity contribution >= 4 is 5.97 Å². The summed E-state index contributed by atoms with van der Waals surface area (Å²) in [4.78, 5) is 13.9. The Bertz CT molecular complexity index is 309. The van der Waals surface area contributed by atoms with E-state index in [2.05, 4.69) is 4.90 Å². The number of β-amino-alcohol motifs (C(OH)–C–C–N with tert-alkyl or cyclic N) is 1. The maximum Gasteiger partial charge on any atom is 0.309 e. The second kappa shape index (κ2) is 8.71. The van der Waals surface area contributed by atoms with Crippen LogP contribution in [0.15, 0.2) is 0 Å². The zero-order valence-corrected chi connectivity index (χ0v) is 13.1. The highest BCUT2D eigenvalue weighted by atomic mass is 16.5. The van der Waals surface area contributed by atoms with Crippen LogP contribution in [0.2, 0.25) is 0 Å². The maximum absolute atomic E-state index is 11.7. The Labute approximate surface area is 127 Å². The van der Waals surface area contributed by atoms with Crippen LogP contribution in [-0.4, -0.2) is 61.0 Å². The SMILES string of the molecule is CCOC(=O)C1CCN(CC(O)COC2CCCC2)CC1. The van der Waals surface area contributed by atoms with E-state index in [1.54, 1.807) is 0 Å². The molecule has 0 spiro atoms. The molecule has 2 aliphatic rings. The van der Waals surface area contributed by atoms with Gasteiger partial charge in [0.2, 0.25) is 0 Å². The third kappa shape index (κ3) is 5.57. The summed E-state index contributed by atoms with van der Waals surface area (Å²) in [5.41, 5.74) is 0. The van der Waals surface area contributed by atoms with Crippen molar-refractivity contribution in [3.05, 3.63) is 0 Å². The zero-order valence-electron chi connectivity index (χ0n) is 13.1. The predicted octanol–water partition coefficient (Wildman–Crippen LogP) is 1.58. The average Bonchev–Trinajstić information content (AvgIpc) is 2.99. The van der Waals surface area contributed by atoms with Gasteiger partial charge in [0.1, 0.15) is 0 Å². The van der Waals surface area contributed by atoms with Crippen molar-refractivity contribution in [1.82, 2.24) is 4.90 Å². The highest BCUT2D eigenvalue weighted by Crippen LogP contribution is 2.21. The second-order valence-electron chi connectivity index (χ2n) is 6.22. The van der Waals surface area contributed by atoms with Crippen molar-refractivity contribution in [3.8, 4) is 0 Å². The van der Waals surface area contributed by atoms with E-state index in [1.807, 2.05) is 6.92 Å². The lowest BCUT2D eigenvalue weighted by Crippen LogP contribution is -2.42. The molecule has 5 nitrogen and oxygen atoms in total. The van der Waals surface area contributed by atoms with Gasteiger partial charge in [-0.05, 0) is 45.7 Å². The minimum Gasteiger partial charge on any atom is -0.466 e. The van der Waals surface area contributed by atoms with Crippen LogP contribution >= 0.6 is 0 Å². The third-order valence-electron chi connectivity index (χ3n) is 4.50. The van der Waals surface area contributed by atoms with Gasteiger partial charge in [-0.1, -0.05) is 12.8 Å².